The van der Waals surface area contributed by atoms with Crippen molar-refractivity contribution in [2.24, 2.45) is 0 Å². The van der Waals surface area contributed by atoms with Gasteiger partial charge in [-0.2, -0.15) is 13.2 Å². The van der Waals surface area contributed by atoms with Gasteiger partial charge < -0.3 is 9.80 Å². The Labute approximate surface area is 152 Å². The molecule has 26 heavy (non-hydrogen) atoms. The molecule has 0 atom stereocenters. The van der Waals surface area contributed by atoms with Crippen LogP contribution in [0.15, 0.2) is 48.5 Å². The van der Waals surface area contributed by atoms with Gasteiger partial charge in [0.1, 0.15) is 0 Å². The first-order valence-electron chi connectivity index (χ1n) is 7.78. The fraction of sp³-hybridized carbons (Fsp3) is 0.222. The minimum Gasteiger partial charge on any atom is -0.328 e. The SMILES string of the molecule is O=C1C(=O)N(c2cccc(Cl)c2)CCN1Cc1cccc(C(F)(F)F)c1. The van der Waals surface area contributed by atoms with Crippen LogP contribution in [0.5, 0.6) is 0 Å². The molecule has 0 radical (unpaired) electrons. The number of hydrogen-bond donors (Lipinski definition) is 0. The van der Waals surface area contributed by atoms with E-state index in [1.165, 1.54) is 21.9 Å². The van der Waals surface area contributed by atoms with Gasteiger partial charge in [-0.3, -0.25) is 9.59 Å². The van der Waals surface area contributed by atoms with Crippen molar-refractivity contribution < 1.29 is 22.8 Å². The van der Waals surface area contributed by atoms with Crippen LogP contribution in [0.4, 0.5) is 18.9 Å². The number of halogens is 4. The molecule has 8 heteroatoms. The predicted octanol–water partition coefficient (Wildman–Crippen LogP) is 3.73. The fourth-order valence-electron chi connectivity index (χ4n) is 2.78. The molecule has 0 N–H and O–H groups in total. The summed E-state index contributed by atoms with van der Waals surface area (Å²) in [5.41, 5.74) is 0.0399. The molecule has 0 aliphatic carbocycles. The van der Waals surface area contributed by atoms with Gasteiger partial charge >= 0.3 is 18.0 Å². The summed E-state index contributed by atoms with van der Waals surface area (Å²) in [6.07, 6.45) is -4.46. The van der Waals surface area contributed by atoms with Gasteiger partial charge in [0.15, 0.2) is 0 Å². The van der Waals surface area contributed by atoms with E-state index in [9.17, 15) is 22.8 Å². The van der Waals surface area contributed by atoms with Crippen LogP contribution in [0.25, 0.3) is 0 Å². The average molecular weight is 383 g/mol. The average Bonchev–Trinajstić information content (AvgIpc) is 2.59. The molecule has 0 spiro atoms. The summed E-state index contributed by atoms with van der Waals surface area (Å²) in [5, 5.41) is 0.439. The Morgan fingerprint density at radius 2 is 1.69 bits per heavy atom. The minimum absolute atomic E-state index is 0.0577. The van der Waals surface area contributed by atoms with Gasteiger partial charge in [0.2, 0.25) is 0 Å². The normalized spacial score (nSPS) is 15.5. The maximum atomic E-state index is 12.8. The number of rotatable bonds is 3. The molecule has 0 bridgehead atoms. The third-order valence-corrected chi connectivity index (χ3v) is 4.29. The summed E-state index contributed by atoms with van der Waals surface area (Å²) in [4.78, 5) is 27.3. The van der Waals surface area contributed by atoms with E-state index in [-0.39, 0.29) is 19.6 Å². The zero-order valence-electron chi connectivity index (χ0n) is 13.5. The number of hydrogen-bond acceptors (Lipinski definition) is 2. The Kier molecular flexibility index (Phi) is 4.91. The van der Waals surface area contributed by atoms with Crippen molar-refractivity contribution >= 4 is 29.1 Å². The summed E-state index contributed by atoms with van der Waals surface area (Å²) in [7, 11) is 0. The van der Waals surface area contributed by atoms with Gasteiger partial charge in [-0.25, -0.2) is 0 Å². The van der Waals surface area contributed by atoms with Crippen LogP contribution >= 0.6 is 11.6 Å². The van der Waals surface area contributed by atoms with Crippen LogP contribution in [0.2, 0.25) is 5.02 Å². The maximum absolute atomic E-state index is 12.8. The van der Waals surface area contributed by atoms with Gasteiger partial charge in [-0.05, 0) is 35.9 Å². The Balaban J connectivity index is 1.75. The number of carbonyl (C=O) groups excluding carboxylic acids is 2. The van der Waals surface area contributed by atoms with E-state index in [1.54, 1.807) is 24.3 Å². The summed E-state index contributed by atoms with van der Waals surface area (Å²) in [6, 6.07) is 11.3. The first-order chi connectivity index (χ1) is 12.3. The quantitative estimate of drug-likeness (QED) is 0.759. The monoisotopic (exact) mass is 382 g/mol. The van der Waals surface area contributed by atoms with Crippen molar-refractivity contribution in [3.63, 3.8) is 0 Å². The van der Waals surface area contributed by atoms with Crippen molar-refractivity contribution in [2.75, 3.05) is 18.0 Å². The summed E-state index contributed by atoms with van der Waals surface area (Å²) in [6.45, 7) is 0.398. The highest BCUT2D eigenvalue weighted by Crippen LogP contribution is 2.30. The molecule has 0 aromatic heterocycles. The summed E-state index contributed by atoms with van der Waals surface area (Å²) in [5.74, 6) is -1.49. The molecule has 1 saturated heterocycles. The predicted molar refractivity (Wildman–Crippen MR) is 90.7 cm³/mol. The number of alkyl halides is 3. The lowest BCUT2D eigenvalue weighted by molar-refractivity contribution is -0.146. The van der Waals surface area contributed by atoms with E-state index in [1.807, 2.05) is 0 Å². The molecule has 136 valence electrons. The zero-order valence-corrected chi connectivity index (χ0v) is 14.2. The van der Waals surface area contributed by atoms with Crippen LogP contribution in [-0.2, 0) is 22.3 Å². The van der Waals surface area contributed by atoms with Crippen molar-refractivity contribution in [3.8, 4) is 0 Å². The number of anilines is 1. The Morgan fingerprint density at radius 1 is 0.962 bits per heavy atom. The second-order valence-electron chi connectivity index (χ2n) is 5.86. The Bertz CT molecular complexity index is 854. The second kappa shape index (κ2) is 6.99. The van der Waals surface area contributed by atoms with Crippen LogP contribution in [0, 0.1) is 0 Å². The molecule has 1 aliphatic rings. The first kappa shape index (κ1) is 18.3. The standard InChI is InChI=1S/C18H14ClF3N2O2/c19-14-5-2-6-15(10-14)24-8-7-23(16(25)17(24)26)11-12-3-1-4-13(9-12)18(20,21)22/h1-6,9-10H,7-8,11H2. The van der Waals surface area contributed by atoms with Crippen LogP contribution in [0.3, 0.4) is 0 Å². The molecule has 0 saturated carbocycles. The zero-order chi connectivity index (χ0) is 18.9. The molecular formula is C18H14ClF3N2O2. The van der Waals surface area contributed by atoms with E-state index in [4.69, 9.17) is 11.6 Å². The molecule has 3 rings (SSSR count). The lowest BCUT2D eigenvalue weighted by Gasteiger charge is -2.34. The minimum atomic E-state index is -4.46. The summed E-state index contributed by atoms with van der Waals surface area (Å²) >= 11 is 5.91. The molecule has 2 aromatic carbocycles. The first-order valence-corrected chi connectivity index (χ1v) is 8.16. The number of piperazine rings is 1. The van der Waals surface area contributed by atoms with Crippen molar-refractivity contribution in [1.82, 2.24) is 4.90 Å². The molecule has 1 fully saturated rings. The maximum Gasteiger partial charge on any atom is 0.416 e. The number of benzene rings is 2. The molecular weight excluding hydrogens is 369 g/mol. The molecule has 1 aliphatic heterocycles. The second-order valence-corrected chi connectivity index (χ2v) is 6.30. The van der Waals surface area contributed by atoms with Crippen LogP contribution in [0.1, 0.15) is 11.1 Å². The van der Waals surface area contributed by atoms with Gasteiger partial charge in [-0.15, -0.1) is 0 Å². The van der Waals surface area contributed by atoms with Crippen molar-refractivity contribution in [3.05, 3.63) is 64.7 Å². The Morgan fingerprint density at radius 3 is 2.38 bits per heavy atom. The van der Waals surface area contributed by atoms with Gasteiger partial charge in [0.25, 0.3) is 0 Å². The number of carbonyl (C=O) groups is 2. The largest absolute Gasteiger partial charge is 0.416 e. The number of nitrogens with zero attached hydrogens (tertiary/aromatic N) is 2. The van der Waals surface area contributed by atoms with E-state index in [2.05, 4.69) is 0 Å². The topological polar surface area (TPSA) is 40.6 Å². The third kappa shape index (κ3) is 3.83. The van der Waals surface area contributed by atoms with E-state index in [0.717, 1.165) is 12.1 Å². The smallest absolute Gasteiger partial charge is 0.328 e. The highest BCUT2D eigenvalue weighted by Gasteiger charge is 2.34. The molecule has 1 heterocycles. The fourth-order valence-corrected chi connectivity index (χ4v) is 2.97. The molecule has 4 nitrogen and oxygen atoms in total. The van der Waals surface area contributed by atoms with E-state index >= 15 is 0 Å². The number of amides is 2. The Hall–Kier alpha value is -2.54. The van der Waals surface area contributed by atoms with Crippen molar-refractivity contribution in [2.45, 2.75) is 12.7 Å². The molecule has 2 aromatic rings. The molecule has 0 unspecified atom stereocenters. The van der Waals surface area contributed by atoms with Gasteiger partial charge in [0, 0.05) is 30.3 Å². The molecule has 2 amide bonds. The van der Waals surface area contributed by atoms with Crippen molar-refractivity contribution in [1.29, 1.82) is 0 Å². The van der Waals surface area contributed by atoms with Gasteiger partial charge in [-0.1, -0.05) is 29.8 Å². The lowest BCUT2D eigenvalue weighted by atomic mass is 10.1. The van der Waals surface area contributed by atoms with E-state index < -0.39 is 23.6 Å². The summed E-state index contributed by atoms with van der Waals surface area (Å²) < 4.78 is 38.4. The van der Waals surface area contributed by atoms with E-state index in [0.29, 0.717) is 16.3 Å². The van der Waals surface area contributed by atoms with Gasteiger partial charge in [0.05, 0.1) is 5.56 Å². The third-order valence-electron chi connectivity index (χ3n) is 4.06. The highest BCUT2D eigenvalue weighted by molar-refractivity contribution is 6.41. The lowest BCUT2D eigenvalue weighted by Crippen LogP contribution is -2.54. The van der Waals surface area contributed by atoms with Crippen LogP contribution < -0.4 is 4.90 Å². The highest BCUT2D eigenvalue weighted by atomic mass is 35.5. The van der Waals surface area contributed by atoms with Crippen LogP contribution in [-0.4, -0.2) is 29.8 Å².